The molecule has 1 heterocycles. The summed E-state index contributed by atoms with van der Waals surface area (Å²) in [6.07, 6.45) is -4.41. The smallest absolute Gasteiger partial charge is 0.416 e. The van der Waals surface area contributed by atoms with E-state index < -0.39 is 17.1 Å². The quantitative estimate of drug-likeness (QED) is 0.754. The van der Waals surface area contributed by atoms with Gasteiger partial charge in [-0.15, -0.1) is 11.8 Å². The van der Waals surface area contributed by atoms with Gasteiger partial charge in [0.05, 0.1) is 12.2 Å². The van der Waals surface area contributed by atoms with Crippen molar-refractivity contribution in [2.45, 2.75) is 18.5 Å². The number of anilines is 1. The Hall–Kier alpha value is -2.35. The van der Waals surface area contributed by atoms with E-state index in [0.29, 0.717) is 35.9 Å². The van der Waals surface area contributed by atoms with Crippen LogP contribution in [0.5, 0.6) is 5.75 Å². The minimum Gasteiger partial charge on any atom is -0.494 e. The first-order valence-corrected chi connectivity index (χ1v) is 9.52. The molecule has 1 aliphatic heterocycles. The number of carbonyl (C=O) groups is 1. The monoisotopic (exact) mass is 396 g/mol. The van der Waals surface area contributed by atoms with Crippen molar-refractivity contribution < 1.29 is 22.7 Å². The molecule has 4 nitrogen and oxygen atoms in total. The second-order valence-electron chi connectivity index (χ2n) is 5.93. The molecule has 2 aromatic carbocycles. The van der Waals surface area contributed by atoms with Gasteiger partial charge >= 0.3 is 12.2 Å². The number of nitrogens with one attached hydrogen (secondary N) is 1. The van der Waals surface area contributed by atoms with Crippen molar-refractivity contribution in [3.63, 3.8) is 0 Å². The van der Waals surface area contributed by atoms with Crippen LogP contribution >= 0.6 is 11.8 Å². The fourth-order valence-electron chi connectivity index (χ4n) is 2.82. The van der Waals surface area contributed by atoms with Crippen molar-refractivity contribution >= 4 is 23.5 Å². The number of amides is 2. The summed E-state index contributed by atoms with van der Waals surface area (Å²) in [4.78, 5) is 14.2. The van der Waals surface area contributed by atoms with Gasteiger partial charge in [0.25, 0.3) is 0 Å². The molecule has 0 unspecified atom stereocenters. The number of nitrogens with zero attached hydrogens (tertiary/aromatic N) is 1. The van der Waals surface area contributed by atoms with Crippen LogP contribution in [-0.4, -0.2) is 29.8 Å². The molecule has 0 spiro atoms. The molecule has 0 aliphatic carbocycles. The van der Waals surface area contributed by atoms with E-state index in [1.54, 1.807) is 35.2 Å². The van der Waals surface area contributed by atoms with Crippen molar-refractivity contribution in [2.24, 2.45) is 0 Å². The normalized spacial score (nSPS) is 17.0. The SMILES string of the molecule is CCOc1ccc(NC(=O)N2CCS[C@H]2c2cccc(C(F)(F)F)c2)cc1. The molecular formula is C19H19F3N2O2S. The topological polar surface area (TPSA) is 41.6 Å². The second-order valence-corrected chi connectivity index (χ2v) is 7.12. The standard InChI is InChI=1S/C19H19F3N2O2S/c1-2-26-16-8-6-15(7-9-16)23-18(25)24-10-11-27-17(24)13-4-3-5-14(12-13)19(20,21)22/h3-9,12,17H,2,10-11H2,1H3,(H,23,25)/t17-/m0/s1. The Morgan fingerprint density at radius 2 is 2.00 bits per heavy atom. The number of thioether (sulfide) groups is 1. The zero-order valence-corrected chi connectivity index (χ0v) is 15.4. The number of hydrogen-bond acceptors (Lipinski definition) is 3. The summed E-state index contributed by atoms with van der Waals surface area (Å²) < 4.78 is 44.3. The van der Waals surface area contributed by atoms with E-state index >= 15 is 0 Å². The van der Waals surface area contributed by atoms with Gasteiger partial charge in [-0.25, -0.2) is 4.79 Å². The van der Waals surface area contributed by atoms with Crippen molar-refractivity contribution in [3.8, 4) is 5.75 Å². The van der Waals surface area contributed by atoms with E-state index in [-0.39, 0.29) is 6.03 Å². The van der Waals surface area contributed by atoms with Gasteiger partial charge in [-0.05, 0) is 48.9 Å². The number of urea groups is 1. The largest absolute Gasteiger partial charge is 0.494 e. The lowest BCUT2D eigenvalue weighted by Crippen LogP contribution is -2.34. The third kappa shape index (κ3) is 4.68. The maximum absolute atomic E-state index is 13.0. The summed E-state index contributed by atoms with van der Waals surface area (Å²) in [5.41, 5.74) is 0.358. The second kappa shape index (κ2) is 8.12. The predicted octanol–water partition coefficient (Wildman–Crippen LogP) is 5.38. The van der Waals surface area contributed by atoms with Gasteiger partial charge < -0.3 is 15.0 Å². The highest BCUT2D eigenvalue weighted by molar-refractivity contribution is 7.99. The van der Waals surface area contributed by atoms with Crippen molar-refractivity contribution in [1.29, 1.82) is 0 Å². The van der Waals surface area contributed by atoms with E-state index in [1.165, 1.54) is 17.8 Å². The van der Waals surface area contributed by atoms with E-state index in [1.807, 2.05) is 6.92 Å². The molecule has 1 atom stereocenters. The summed E-state index contributed by atoms with van der Waals surface area (Å²) in [5, 5.41) is 2.34. The lowest BCUT2D eigenvalue weighted by molar-refractivity contribution is -0.137. The Bertz CT molecular complexity index is 796. The first-order chi connectivity index (χ1) is 12.9. The van der Waals surface area contributed by atoms with Crippen molar-refractivity contribution in [3.05, 3.63) is 59.7 Å². The van der Waals surface area contributed by atoms with E-state index in [9.17, 15) is 18.0 Å². The third-order valence-corrected chi connectivity index (χ3v) is 5.33. The summed E-state index contributed by atoms with van der Waals surface area (Å²) in [5.74, 6) is 1.37. The predicted molar refractivity (Wildman–Crippen MR) is 100.0 cm³/mol. The molecule has 27 heavy (non-hydrogen) atoms. The minimum absolute atomic E-state index is 0.341. The Balaban J connectivity index is 1.73. The Labute approximate surface area is 159 Å². The third-order valence-electron chi connectivity index (χ3n) is 4.07. The van der Waals surface area contributed by atoms with Gasteiger partial charge in [-0.1, -0.05) is 12.1 Å². The van der Waals surface area contributed by atoms with Crippen LogP contribution in [-0.2, 0) is 6.18 Å². The van der Waals surface area contributed by atoms with Gasteiger partial charge in [0.1, 0.15) is 11.1 Å². The van der Waals surface area contributed by atoms with Crippen molar-refractivity contribution in [2.75, 3.05) is 24.2 Å². The molecule has 0 aromatic heterocycles. The van der Waals surface area contributed by atoms with Crippen LogP contribution < -0.4 is 10.1 Å². The molecule has 144 valence electrons. The molecule has 1 N–H and O–H groups in total. The fraction of sp³-hybridized carbons (Fsp3) is 0.316. The van der Waals surface area contributed by atoms with Crippen LogP contribution in [0.15, 0.2) is 48.5 Å². The van der Waals surface area contributed by atoms with E-state index in [0.717, 1.165) is 12.1 Å². The van der Waals surface area contributed by atoms with Gasteiger partial charge in [0.2, 0.25) is 0 Å². The maximum Gasteiger partial charge on any atom is 0.416 e. The van der Waals surface area contributed by atoms with Gasteiger partial charge in [-0.3, -0.25) is 0 Å². The van der Waals surface area contributed by atoms with Crippen LogP contribution in [0, 0.1) is 0 Å². The molecule has 2 amide bonds. The van der Waals surface area contributed by atoms with Gasteiger partial charge in [-0.2, -0.15) is 13.2 Å². The molecule has 0 saturated carbocycles. The molecule has 1 aliphatic rings. The Morgan fingerprint density at radius 1 is 1.26 bits per heavy atom. The number of rotatable bonds is 4. The van der Waals surface area contributed by atoms with Crippen LogP contribution in [0.4, 0.5) is 23.7 Å². The van der Waals surface area contributed by atoms with Crippen molar-refractivity contribution in [1.82, 2.24) is 4.90 Å². The maximum atomic E-state index is 13.0. The molecular weight excluding hydrogens is 377 g/mol. The number of alkyl halides is 3. The highest BCUT2D eigenvalue weighted by atomic mass is 32.2. The van der Waals surface area contributed by atoms with Crippen LogP contribution in [0.2, 0.25) is 0 Å². The number of hydrogen-bond donors (Lipinski definition) is 1. The van der Waals surface area contributed by atoms with E-state index in [4.69, 9.17) is 4.74 Å². The summed E-state index contributed by atoms with van der Waals surface area (Å²) in [6.45, 7) is 2.90. The van der Waals surface area contributed by atoms with Gasteiger partial charge in [0.15, 0.2) is 0 Å². The van der Waals surface area contributed by atoms with Crippen LogP contribution in [0.1, 0.15) is 23.4 Å². The molecule has 2 aromatic rings. The Kier molecular flexibility index (Phi) is 5.84. The highest BCUT2D eigenvalue weighted by Crippen LogP contribution is 2.40. The zero-order chi connectivity index (χ0) is 19.4. The minimum atomic E-state index is -4.41. The highest BCUT2D eigenvalue weighted by Gasteiger charge is 2.34. The lowest BCUT2D eigenvalue weighted by Gasteiger charge is -2.25. The molecule has 1 fully saturated rings. The first kappa shape index (κ1) is 19.4. The number of ether oxygens (including phenoxy) is 1. The summed E-state index contributed by atoms with van der Waals surface area (Å²) in [7, 11) is 0. The van der Waals surface area contributed by atoms with Crippen LogP contribution in [0.3, 0.4) is 0 Å². The Morgan fingerprint density at radius 3 is 2.67 bits per heavy atom. The van der Waals surface area contributed by atoms with E-state index in [2.05, 4.69) is 5.32 Å². The lowest BCUT2D eigenvalue weighted by atomic mass is 10.1. The molecule has 8 heteroatoms. The van der Waals surface area contributed by atoms with Gasteiger partial charge in [0, 0.05) is 18.0 Å². The average molecular weight is 396 g/mol. The number of carbonyl (C=O) groups excluding carboxylic acids is 1. The fourth-order valence-corrected chi connectivity index (χ4v) is 4.06. The molecule has 1 saturated heterocycles. The number of benzene rings is 2. The number of halogens is 3. The molecule has 0 bridgehead atoms. The summed E-state index contributed by atoms with van der Waals surface area (Å²) >= 11 is 1.45. The van der Waals surface area contributed by atoms with Crippen LogP contribution in [0.25, 0.3) is 0 Å². The molecule has 3 rings (SSSR count). The molecule has 0 radical (unpaired) electrons. The zero-order valence-electron chi connectivity index (χ0n) is 14.6. The summed E-state index contributed by atoms with van der Waals surface area (Å²) in [6, 6.07) is 11.8. The average Bonchev–Trinajstić information content (AvgIpc) is 3.13. The first-order valence-electron chi connectivity index (χ1n) is 8.47.